The van der Waals surface area contributed by atoms with Crippen molar-refractivity contribution in [1.82, 2.24) is 0 Å². The number of benzene rings is 1. The lowest BCUT2D eigenvalue weighted by Gasteiger charge is -2.09. The Balaban J connectivity index is 3.01. The largest absolute Gasteiger partial charge is 0.481 e. The number of halogens is 4. The van der Waals surface area contributed by atoms with E-state index in [0.29, 0.717) is 10.0 Å². The highest BCUT2D eigenvalue weighted by molar-refractivity contribution is 9.11. The fraction of sp³-hybridized carbons (Fsp3) is 0.222. The molecule has 0 aliphatic heterocycles. The van der Waals surface area contributed by atoms with Crippen LogP contribution in [-0.4, -0.2) is 17.7 Å². The Bertz CT molecular complexity index is 410. The van der Waals surface area contributed by atoms with E-state index in [1.165, 1.54) is 12.1 Å². The molecule has 0 atom stereocenters. The lowest BCUT2D eigenvalue weighted by atomic mass is 10.1. The fourth-order valence-electron chi connectivity index (χ4n) is 1.05. The Hall–Kier alpha value is -0.690. The van der Waals surface area contributed by atoms with Crippen LogP contribution in [0.15, 0.2) is 21.1 Å². The molecule has 0 spiro atoms. The third-order valence-corrected chi connectivity index (χ3v) is 3.02. The number of carbonyl (C=O) groups is 1. The summed E-state index contributed by atoms with van der Waals surface area (Å²) in [5.41, 5.74) is 0.473. The summed E-state index contributed by atoms with van der Waals surface area (Å²) in [4.78, 5) is 10.5. The van der Waals surface area contributed by atoms with E-state index >= 15 is 0 Å². The molecule has 0 unspecified atom stereocenters. The van der Waals surface area contributed by atoms with E-state index in [1.807, 2.05) is 0 Å². The minimum Gasteiger partial charge on any atom is -0.481 e. The van der Waals surface area contributed by atoms with Crippen molar-refractivity contribution in [1.29, 1.82) is 0 Å². The summed E-state index contributed by atoms with van der Waals surface area (Å²) in [5.74, 6) is -1.05. The Labute approximate surface area is 107 Å². The van der Waals surface area contributed by atoms with Gasteiger partial charge in [0.15, 0.2) is 0 Å². The van der Waals surface area contributed by atoms with Crippen molar-refractivity contribution in [3.8, 4) is 5.75 Å². The van der Waals surface area contributed by atoms with Gasteiger partial charge < -0.3 is 9.84 Å². The zero-order valence-electron chi connectivity index (χ0n) is 7.71. The van der Waals surface area contributed by atoms with E-state index in [1.54, 1.807) is 0 Å². The van der Waals surface area contributed by atoms with Crippen LogP contribution >= 0.6 is 31.9 Å². The predicted molar refractivity (Wildman–Crippen MR) is 59.8 cm³/mol. The summed E-state index contributed by atoms with van der Waals surface area (Å²) >= 11 is 6.12. The highest BCUT2D eigenvalue weighted by Crippen LogP contribution is 2.32. The molecule has 0 heterocycles. The predicted octanol–water partition coefficient (Wildman–Crippen LogP) is 3.44. The molecule has 3 nitrogen and oxygen atoms in total. The maximum absolute atomic E-state index is 12.0. The molecule has 0 saturated carbocycles. The average molecular weight is 360 g/mol. The van der Waals surface area contributed by atoms with Crippen molar-refractivity contribution >= 4 is 37.8 Å². The molecule has 0 radical (unpaired) electrons. The van der Waals surface area contributed by atoms with E-state index in [-0.39, 0.29) is 16.6 Å². The minimum absolute atomic E-state index is 0.0454. The van der Waals surface area contributed by atoms with Gasteiger partial charge >= 0.3 is 12.6 Å². The molecular weight excluding hydrogens is 354 g/mol. The van der Waals surface area contributed by atoms with E-state index in [9.17, 15) is 13.6 Å². The van der Waals surface area contributed by atoms with Crippen LogP contribution < -0.4 is 4.74 Å². The lowest BCUT2D eigenvalue weighted by molar-refractivity contribution is -0.136. The molecule has 16 heavy (non-hydrogen) atoms. The van der Waals surface area contributed by atoms with Gasteiger partial charge in [-0.25, -0.2) is 0 Å². The van der Waals surface area contributed by atoms with Gasteiger partial charge in [-0.1, -0.05) is 15.9 Å². The highest BCUT2D eigenvalue weighted by atomic mass is 79.9. The molecule has 0 aliphatic rings. The Kier molecular flexibility index (Phi) is 4.67. The van der Waals surface area contributed by atoms with E-state index in [4.69, 9.17) is 5.11 Å². The quantitative estimate of drug-likeness (QED) is 0.895. The summed E-state index contributed by atoms with van der Waals surface area (Å²) in [6, 6.07) is 2.73. The van der Waals surface area contributed by atoms with Crippen molar-refractivity contribution in [3.05, 3.63) is 26.6 Å². The zero-order chi connectivity index (χ0) is 12.3. The smallest absolute Gasteiger partial charge is 0.387 e. The molecule has 88 valence electrons. The number of hydrogen-bond donors (Lipinski definition) is 1. The van der Waals surface area contributed by atoms with Gasteiger partial charge in [0.25, 0.3) is 0 Å². The Morgan fingerprint density at radius 1 is 1.38 bits per heavy atom. The summed E-state index contributed by atoms with van der Waals surface area (Å²) in [5, 5.41) is 8.61. The number of carboxylic acid groups (broad SMARTS) is 1. The van der Waals surface area contributed by atoms with Gasteiger partial charge in [-0.2, -0.15) is 8.78 Å². The van der Waals surface area contributed by atoms with Crippen molar-refractivity contribution in [2.75, 3.05) is 0 Å². The molecular formula is C9H6Br2F2O3. The average Bonchev–Trinajstić information content (AvgIpc) is 2.11. The van der Waals surface area contributed by atoms with Crippen molar-refractivity contribution in [3.63, 3.8) is 0 Å². The Morgan fingerprint density at radius 2 is 2.00 bits per heavy atom. The zero-order valence-corrected chi connectivity index (χ0v) is 10.9. The van der Waals surface area contributed by atoms with Crippen LogP contribution in [0.3, 0.4) is 0 Å². The lowest BCUT2D eigenvalue weighted by Crippen LogP contribution is -2.05. The summed E-state index contributed by atoms with van der Waals surface area (Å²) < 4.78 is 28.9. The first-order valence-electron chi connectivity index (χ1n) is 4.04. The number of ether oxygens (including phenoxy) is 1. The van der Waals surface area contributed by atoms with Crippen LogP contribution in [0.25, 0.3) is 0 Å². The highest BCUT2D eigenvalue weighted by Gasteiger charge is 2.13. The van der Waals surface area contributed by atoms with Crippen molar-refractivity contribution in [2.24, 2.45) is 0 Å². The monoisotopic (exact) mass is 358 g/mol. The molecule has 0 aliphatic carbocycles. The minimum atomic E-state index is -2.92. The standard InChI is InChI=1S/C9H6Br2F2O3/c10-5-3-7(16-9(12)13)6(11)1-4(5)2-8(14)15/h1,3,9H,2H2,(H,14,15). The second kappa shape index (κ2) is 5.58. The van der Waals surface area contributed by atoms with Gasteiger partial charge in [0.1, 0.15) is 5.75 Å². The van der Waals surface area contributed by atoms with Gasteiger partial charge in [0.2, 0.25) is 0 Å². The van der Waals surface area contributed by atoms with Crippen LogP contribution in [0.2, 0.25) is 0 Å². The molecule has 7 heteroatoms. The summed E-state index contributed by atoms with van der Waals surface area (Å²) in [7, 11) is 0. The third-order valence-electron chi connectivity index (χ3n) is 1.66. The fourth-order valence-corrected chi connectivity index (χ4v) is 2.00. The second-order valence-electron chi connectivity index (χ2n) is 2.82. The van der Waals surface area contributed by atoms with Gasteiger partial charge in [0.05, 0.1) is 10.9 Å². The molecule has 0 aromatic heterocycles. The van der Waals surface area contributed by atoms with Gasteiger partial charge in [-0.15, -0.1) is 0 Å². The van der Waals surface area contributed by atoms with Gasteiger partial charge in [0, 0.05) is 4.47 Å². The number of carboxylic acids is 1. The maximum atomic E-state index is 12.0. The van der Waals surface area contributed by atoms with Gasteiger partial charge in [-0.3, -0.25) is 4.79 Å². The molecule has 0 fully saturated rings. The first-order valence-corrected chi connectivity index (χ1v) is 5.63. The molecule has 1 rings (SSSR count). The van der Waals surface area contributed by atoms with Crippen molar-refractivity contribution in [2.45, 2.75) is 13.0 Å². The molecule has 1 N–H and O–H groups in total. The van der Waals surface area contributed by atoms with Crippen LogP contribution in [0.1, 0.15) is 5.56 Å². The van der Waals surface area contributed by atoms with Crippen LogP contribution in [0.4, 0.5) is 8.78 Å². The molecule has 1 aromatic carbocycles. The maximum Gasteiger partial charge on any atom is 0.387 e. The topological polar surface area (TPSA) is 46.5 Å². The van der Waals surface area contributed by atoms with Crippen LogP contribution in [-0.2, 0) is 11.2 Å². The number of aliphatic carboxylic acids is 1. The van der Waals surface area contributed by atoms with Gasteiger partial charge in [-0.05, 0) is 33.6 Å². The SMILES string of the molecule is O=C(O)Cc1cc(Br)c(OC(F)F)cc1Br. The van der Waals surface area contributed by atoms with E-state index < -0.39 is 12.6 Å². The molecule has 0 saturated heterocycles. The summed E-state index contributed by atoms with van der Waals surface area (Å²) in [6.07, 6.45) is -0.200. The second-order valence-corrected chi connectivity index (χ2v) is 4.53. The number of rotatable bonds is 4. The summed E-state index contributed by atoms with van der Waals surface area (Å²) in [6.45, 7) is -2.92. The van der Waals surface area contributed by atoms with E-state index in [0.717, 1.165) is 0 Å². The number of alkyl halides is 2. The van der Waals surface area contributed by atoms with Crippen molar-refractivity contribution < 1.29 is 23.4 Å². The molecule has 0 amide bonds. The van der Waals surface area contributed by atoms with Crippen LogP contribution in [0.5, 0.6) is 5.75 Å². The van der Waals surface area contributed by atoms with Crippen LogP contribution in [0, 0.1) is 0 Å². The molecule has 0 bridgehead atoms. The first-order chi connectivity index (χ1) is 7.40. The van der Waals surface area contributed by atoms with E-state index in [2.05, 4.69) is 36.6 Å². The number of hydrogen-bond acceptors (Lipinski definition) is 2. The normalized spacial score (nSPS) is 10.6. The Morgan fingerprint density at radius 3 is 2.50 bits per heavy atom. The third kappa shape index (κ3) is 3.71. The first kappa shape index (κ1) is 13.4. The molecule has 1 aromatic rings.